The topological polar surface area (TPSA) is 59.6 Å². The summed E-state index contributed by atoms with van der Waals surface area (Å²) in [7, 11) is 0. The van der Waals surface area contributed by atoms with Gasteiger partial charge in [0.05, 0.1) is 0 Å². The van der Waals surface area contributed by atoms with Gasteiger partial charge in [0.15, 0.2) is 5.96 Å². The van der Waals surface area contributed by atoms with Crippen LogP contribution in [0.25, 0.3) is 0 Å². The number of aliphatic imine (C=N–C) groups is 1. The third kappa shape index (κ3) is 7.33. The molecule has 1 aliphatic rings. The minimum absolute atomic E-state index is 0.558. The molecule has 0 heterocycles. The molecule has 0 amide bonds. The molecule has 0 aromatic rings. The molecule has 0 unspecified atom stereocenters. The number of allylic oxidation sites excluding steroid dienone is 1. The van der Waals surface area contributed by atoms with Gasteiger partial charge in [-0.05, 0) is 45.4 Å². The highest BCUT2D eigenvalue weighted by Gasteiger charge is 2.02. The molecule has 0 bridgehead atoms. The van der Waals surface area contributed by atoms with Gasteiger partial charge in [0.1, 0.15) is 0 Å². The van der Waals surface area contributed by atoms with E-state index in [1.54, 1.807) is 5.57 Å². The molecule has 104 valence electrons. The van der Waals surface area contributed by atoms with E-state index in [-0.39, 0.29) is 0 Å². The van der Waals surface area contributed by atoms with Gasteiger partial charge >= 0.3 is 0 Å². The fourth-order valence-corrected chi connectivity index (χ4v) is 2.05. The molecule has 4 heteroatoms. The van der Waals surface area contributed by atoms with E-state index in [2.05, 4.69) is 16.4 Å². The maximum atomic E-state index is 5.78. The van der Waals surface area contributed by atoms with Crippen molar-refractivity contribution < 1.29 is 4.74 Å². The Morgan fingerprint density at radius 2 is 2.39 bits per heavy atom. The van der Waals surface area contributed by atoms with E-state index in [4.69, 9.17) is 10.5 Å². The zero-order chi connectivity index (χ0) is 13.1. The van der Waals surface area contributed by atoms with Crippen LogP contribution in [0.3, 0.4) is 0 Å². The van der Waals surface area contributed by atoms with E-state index in [1.165, 1.54) is 25.7 Å². The molecule has 0 fully saturated rings. The van der Waals surface area contributed by atoms with Crippen molar-refractivity contribution in [2.75, 3.05) is 26.3 Å². The maximum Gasteiger partial charge on any atom is 0.188 e. The summed E-state index contributed by atoms with van der Waals surface area (Å²) in [5, 5.41) is 3.17. The standard InChI is InChI=1S/C14H27N3O/c1-2-18-12-6-10-16-14(15)17-11-9-13-7-4-3-5-8-13/h7H,2-6,8-12H2,1H3,(H3,15,16,17). The van der Waals surface area contributed by atoms with Crippen molar-refractivity contribution in [1.29, 1.82) is 0 Å². The smallest absolute Gasteiger partial charge is 0.188 e. The van der Waals surface area contributed by atoms with Crippen LogP contribution in [0, 0.1) is 0 Å². The first-order valence-electron chi connectivity index (χ1n) is 7.12. The normalized spacial score (nSPS) is 16.5. The summed E-state index contributed by atoms with van der Waals surface area (Å²) in [4.78, 5) is 4.26. The summed E-state index contributed by atoms with van der Waals surface area (Å²) in [5.74, 6) is 0.558. The number of rotatable bonds is 8. The van der Waals surface area contributed by atoms with Crippen molar-refractivity contribution in [1.82, 2.24) is 5.32 Å². The molecule has 0 saturated carbocycles. The van der Waals surface area contributed by atoms with Crippen LogP contribution in [0.4, 0.5) is 0 Å². The van der Waals surface area contributed by atoms with E-state index < -0.39 is 0 Å². The molecule has 0 aromatic heterocycles. The summed E-state index contributed by atoms with van der Waals surface area (Å²) in [6, 6.07) is 0. The van der Waals surface area contributed by atoms with Crippen LogP contribution < -0.4 is 11.1 Å². The van der Waals surface area contributed by atoms with Crippen molar-refractivity contribution in [3.05, 3.63) is 11.6 Å². The van der Waals surface area contributed by atoms with E-state index in [0.717, 1.165) is 39.1 Å². The quantitative estimate of drug-likeness (QED) is 0.302. The Morgan fingerprint density at radius 1 is 1.50 bits per heavy atom. The molecule has 1 rings (SSSR count). The van der Waals surface area contributed by atoms with E-state index in [9.17, 15) is 0 Å². The van der Waals surface area contributed by atoms with Crippen LogP contribution in [0.5, 0.6) is 0 Å². The first-order valence-corrected chi connectivity index (χ1v) is 7.12. The van der Waals surface area contributed by atoms with Crippen LogP contribution in [-0.2, 0) is 4.74 Å². The number of nitrogens with two attached hydrogens (primary N) is 1. The number of hydrogen-bond acceptors (Lipinski definition) is 2. The third-order valence-electron chi connectivity index (χ3n) is 3.07. The number of guanidine groups is 1. The van der Waals surface area contributed by atoms with Crippen LogP contribution >= 0.6 is 0 Å². The van der Waals surface area contributed by atoms with E-state index in [0.29, 0.717) is 5.96 Å². The van der Waals surface area contributed by atoms with Crippen LogP contribution in [-0.4, -0.2) is 32.3 Å². The zero-order valence-electron chi connectivity index (χ0n) is 11.6. The van der Waals surface area contributed by atoms with Gasteiger partial charge in [-0.15, -0.1) is 0 Å². The monoisotopic (exact) mass is 253 g/mol. The minimum Gasteiger partial charge on any atom is -0.382 e. The second-order valence-corrected chi connectivity index (χ2v) is 4.60. The third-order valence-corrected chi connectivity index (χ3v) is 3.07. The molecule has 0 spiro atoms. The largest absolute Gasteiger partial charge is 0.382 e. The SMILES string of the molecule is CCOCCCN=C(N)NCCC1=CCCCC1. The highest BCUT2D eigenvalue weighted by molar-refractivity contribution is 5.77. The van der Waals surface area contributed by atoms with E-state index in [1.807, 2.05) is 6.92 Å². The highest BCUT2D eigenvalue weighted by atomic mass is 16.5. The molecule has 0 aromatic carbocycles. The lowest BCUT2D eigenvalue weighted by Crippen LogP contribution is -2.32. The van der Waals surface area contributed by atoms with Crippen LogP contribution in [0.15, 0.2) is 16.6 Å². The average molecular weight is 253 g/mol. The van der Waals surface area contributed by atoms with Crippen LogP contribution in [0.1, 0.15) is 45.4 Å². The van der Waals surface area contributed by atoms with Gasteiger partial charge in [-0.2, -0.15) is 0 Å². The summed E-state index contributed by atoms with van der Waals surface area (Å²) >= 11 is 0. The van der Waals surface area contributed by atoms with Crippen molar-refractivity contribution in [2.45, 2.75) is 45.4 Å². The van der Waals surface area contributed by atoms with Gasteiger partial charge in [-0.1, -0.05) is 11.6 Å². The summed E-state index contributed by atoms with van der Waals surface area (Å²) in [6.07, 6.45) is 9.59. The number of nitrogens with one attached hydrogen (secondary N) is 1. The molecule has 0 radical (unpaired) electrons. The minimum atomic E-state index is 0.558. The van der Waals surface area contributed by atoms with Crippen LogP contribution in [0.2, 0.25) is 0 Å². The van der Waals surface area contributed by atoms with Gasteiger partial charge < -0.3 is 15.8 Å². The van der Waals surface area contributed by atoms with Crippen molar-refractivity contribution in [2.24, 2.45) is 10.7 Å². The number of nitrogens with zero attached hydrogens (tertiary/aromatic N) is 1. The fraction of sp³-hybridized carbons (Fsp3) is 0.786. The lowest BCUT2D eigenvalue weighted by Gasteiger charge is -2.13. The Balaban J connectivity index is 2.03. The van der Waals surface area contributed by atoms with Crippen molar-refractivity contribution >= 4 is 5.96 Å². The first kappa shape index (κ1) is 15.0. The highest BCUT2D eigenvalue weighted by Crippen LogP contribution is 2.19. The molecule has 18 heavy (non-hydrogen) atoms. The Hall–Kier alpha value is -1.03. The number of ether oxygens (including phenoxy) is 1. The van der Waals surface area contributed by atoms with Crippen molar-refractivity contribution in [3.63, 3.8) is 0 Å². The molecule has 3 N–H and O–H groups in total. The summed E-state index contributed by atoms with van der Waals surface area (Å²) in [6.45, 7) is 5.17. The second kappa shape index (κ2) is 9.95. The number of hydrogen-bond donors (Lipinski definition) is 2. The summed E-state index contributed by atoms with van der Waals surface area (Å²) in [5.41, 5.74) is 7.35. The Kier molecular flexibility index (Phi) is 8.30. The van der Waals surface area contributed by atoms with Crippen molar-refractivity contribution in [3.8, 4) is 0 Å². The average Bonchev–Trinajstić information content (AvgIpc) is 2.40. The van der Waals surface area contributed by atoms with Gasteiger partial charge in [0.25, 0.3) is 0 Å². The van der Waals surface area contributed by atoms with Gasteiger partial charge in [0.2, 0.25) is 0 Å². The molecule has 1 aliphatic carbocycles. The van der Waals surface area contributed by atoms with Gasteiger partial charge in [0, 0.05) is 26.3 Å². The molecule has 0 aliphatic heterocycles. The zero-order valence-corrected chi connectivity index (χ0v) is 11.6. The molecule has 4 nitrogen and oxygen atoms in total. The lowest BCUT2D eigenvalue weighted by atomic mass is 9.97. The first-order chi connectivity index (χ1) is 8.83. The predicted molar refractivity (Wildman–Crippen MR) is 76.8 cm³/mol. The molecular formula is C14H27N3O. The van der Waals surface area contributed by atoms with Gasteiger partial charge in [-0.25, -0.2) is 0 Å². The Morgan fingerprint density at radius 3 is 3.11 bits per heavy atom. The summed E-state index contributed by atoms with van der Waals surface area (Å²) < 4.78 is 5.24. The van der Waals surface area contributed by atoms with Gasteiger partial charge in [-0.3, -0.25) is 4.99 Å². The molecule has 0 saturated heterocycles. The fourth-order valence-electron chi connectivity index (χ4n) is 2.05. The van der Waals surface area contributed by atoms with E-state index >= 15 is 0 Å². The lowest BCUT2D eigenvalue weighted by molar-refractivity contribution is 0.146. The molecular weight excluding hydrogens is 226 g/mol. The predicted octanol–water partition coefficient (Wildman–Crippen LogP) is 2.21. The molecule has 0 atom stereocenters. The Bertz CT molecular complexity index is 274. The maximum absolute atomic E-state index is 5.78. The Labute approximate surface area is 111 Å². The second-order valence-electron chi connectivity index (χ2n) is 4.60.